The highest BCUT2D eigenvalue weighted by molar-refractivity contribution is 14.0. The fourth-order valence-electron chi connectivity index (χ4n) is 2.05. The summed E-state index contributed by atoms with van der Waals surface area (Å²) in [5.41, 5.74) is 1.13. The van der Waals surface area contributed by atoms with Gasteiger partial charge in [0.05, 0.1) is 19.8 Å². The van der Waals surface area contributed by atoms with Gasteiger partial charge in [0.15, 0.2) is 5.96 Å². The van der Waals surface area contributed by atoms with E-state index in [2.05, 4.69) is 22.5 Å². The summed E-state index contributed by atoms with van der Waals surface area (Å²) >= 11 is 6.15. The minimum Gasteiger partial charge on any atom is -0.379 e. The van der Waals surface area contributed by atoms with Gasteiger partial charge >= 0.3 is 0 Å². The summed E-state index contributed by atoms with van der Waals surface area (Å²) in [7, 11) is 1.76. The maximum atomic E-state index is 6.15. The normalized spacial score (nSPS) is 11.1. The van der Waals surface area contributed by atoms with Gasteiger partial charge in [-0.25, -0.2) is 0 Å². The molecule has 144 valence electrons. The average molecular weight is 484 g/mol. The van der Waals surface area contributed by atoms with Crippen molar-refractivity contribution in [3.63, 3.8) is 0 Å². The topological polar surface area (TPSA) is 54.9 Å². The molecular formula is C18H31ClIN3O2. The van der Waals surface area contributed by atoms with Crippen LogP contribution in [0.5, 0.6) is 0 Å². The Labute approximate surface area is 173 Å². The second-order valence-corrected chi connectivity index (χ2v) is 5.75. The molecule has 0 aliphatic rings. The van der Waals surface area contributed by atoms with Gasteiger partial charge in [-0.05, 0) is 24.5 Å². The van der Waals surface area contributed by atoms with Gasteiger partial charge in [-0.15, -0.1) is 24.0 Å². The molecule has 0 radical (unpaired) electrons. The molecule has 0 aliphatic carbocycles. The number of unbranched alkanes of at least 4 members (excludes halogenated alkanes) is 1. The van der Waals surface area contributed by atoms with E-state index in [1.165, 1.54) is 0 Å². The van der Waals surface area contributed by atoms with Crippen molar-refractivity contribution in [3.8, 4) is 0 Å². The molecule has 0 aliphatic heterocycles. The summed E-state index contributed by atoms with van der Waals surface area (Å²) in [6.45, 7) is 6.37. The van der Waals surface area contributed by atoms with Crippen molar-refractivity contribution in [1.29, 1.82) is 0 Å². The summed E-state index contributed by atoms with van der Waals surface area (Å²) < 4.78 is 10.9. The number of aliphatic imine (C=N–C) groups is 1. The predicted molar refractivity (Wildman–Crippen MR) is 116 cm³/mol. The molecule has 0 amide bonds. The molecule has 0 fully saturated rings. The Morgan fingerprint density at radius 3 is 2.40 bits per heavy atom. The first-order valence-electron chi connectivity index (χ1n) is 8.61. The summed E-state index contributed by atoms with van der Waals surface area (Å²) in [6, 6.07) is 7.89. The van der Waals surface area contributed by atoms with Crippen molar-refractivity contribution in [1.82, 2.24) is 10.6 Å². The smallest absolute Gasteiger partial charge is 0.191 e. The van der Waals surface area contributed by atoms with Crippen LogP contribution < -0.4 is 10.6 Å². The third-order valence-electron chi connectivity index (χ3n) is 3.42. The zero-order valence-electron chi connectivity index (χ0n) is 15.2. The van der Waals surface area contributed by atoms with Crippen molar-refractivity contribution in [2.24, 2.45) is 4.99 Å². The Kier molecular flexibility index (Phi) is 16.5. The third-order valence-corrected chi connectivity index (χ3v) is 3.79. The van der Waals surface area contributed by atoms with E-state index in [1.54, 1.807) is 7.05 Å². The van der Waals surface area contributed by atoms with Gasteiger partial charge in [0.2, 0.25) is 0 Å². The lowest BCUT2D eigenvalue weighted by molar-refractivity contribution is 0.0487. The number of guanidine groups is 1. The lowest BCUT2D eigenvalue weighted by Gasteiger charge is -2.12. The molecule has 0 unspecified atom stereocenters. The minimum absolute atomic E-state index is 0. The highest BCUT2D eigenvalue weighted by atomic mass is 127. The third kappa shape index (κ3) is 12.4. The van der Waals surface area contributed by atoms with Crippen LogP contribution in [0.25, 0.3) is 0 Å². The number of nitrogens with zero attached hydrogens (tertiary/aromatic N) is 1. The fourth-order valence-corrected chi connectivity index (χ4v) is 2.28. The molecule has 7 heteroatoms. The Morgan fingerprint density at radius 1 is 1.04 bits per heavy atom. The lowest BCUT2D eigenvalue weighted by atomic mass is 10.1. The standard InChI is InChI=1S/C18H30ClN3O2.HI/c1-3-4-12-23-14-15-24-13-11-22-18(20-2)21-10-9-16-7-5-6-8-17(16)19;/h5-8H,3-4,9-15H2,1-2H3,(H2,20,21,22);1H. The van der Waals surface area contributed by atoms with Crippen molar-refractivity contribution in [3.05, 3.63) is 34.9 Å². The van der Waals surface area contributed by atoms with Crippen molar-refractivity contribution >= 4 is 41.5 Å². The van der Waals surface area contributed by atoms with E-state index in [1.807, 2.05) is 24.3 Å². The second-order valence-electron chi connectivity index (χ2n) is 5.35. The molecule has 0 aromatic heterocycles. The van der Waals surface area contributed by atoms with Crippen molar-refractivity contribution in [2.45, 2.75) is 26.2 Å². The van der Waals surface area contributed by atoms with Crippen LogP contribution in [0.1, 0.15) is 25.3 Å². The molecule has 1 aromatic carbocycles. The van der Waals surface area contributed by atoms with Crippen LogP contribution >= 0.6 is 35.6 Å². The van der Waals surface area contributed by atoms with Crippen molar-refractivity contribution < 1.29 is 9.47 Å². The molecule has 5 nitrogen and oxygen atoms in total. The highest BCUT2D eigenvalue weighted by Gasteiger charge is 2.00. The number of hydrogen-bond donors (Lipinski definition) is 2. The predicted octanol–water partition coefficient (Wildman–Crippen LogP) is 3.50. The molecule has 25 heavy (non-hydrogen) atoms. The SMILES string of the molecule is CCCCOCCOCCNC(=NC)NCCc1ccccc1Cl.I. The zero-order valence-corrected chi connectivity index (χ0v) is 18.3. The highest BCUT2D eigenvalue weighted by Crippen LogP contribution is 2.14. The summed E-state index contributed by atoms with van der Waals surface area (Å²) in [6.07, 6.45) is 3.12. The van der Waals surface area contributed by atoms with Crippen LogP contribution in [0.2, 0.25) is 5.02 Å². The first-order chi connectivity index (χ1) is 11.8. The fraction of sp³-hybridized carbons (Fsp3) is 0.611. The van der Waals surface area contributed by atoms with E-state index in [0.717, 1.165) is 49.0 Å². The quantitative estimate of drug-likeness (QED) is 0.207. The van der Waals surface area contributed by atoms with Crippen LogP contribution in [0.4, 0.5) is 0 Å². The number of rotatable bonds is 12. The van der Waals surface area contributed by atoms with Gasteiger partial charge in [0, 0.05) is 31.8 Å². The summed E-state index contributed by atoms with van der Waals surface area (Å²) in [5.74, 6) is 0.768. The van der Waals surface area contributed by atoms with Gasteiger partial charge < -0.3 is 20.1 Å². The average Bonchev–Trinajstić information content (AvgIpc) is 2.60. The van der Waals surface area contributed by atoms with Gasteiger partial charge in [0.25, 0.3) is 0 Å². The molecule has 0 bridgehead atoms. The second kappa shape index (κ2) is 16.9. The Hall–Kier alpha value is -0.570. The van der Waals surface area contributed by atoms with Crippen LogP contribution in [-0.4, -0.2) is 52.5 Å². The number of halogens is 2. The van der Waals surface area contributed by atoms with E-state index < -0.39 is 0 Å². The van der Waals surface area contributed by atoms with Gasteiger partial charge in [0.1, 0.15) is 0 Å². The number of nitrogens with one attached hydrogen (secondary N) is 2. The molecule has 1 rings (SSSR count). The number of ether oxygens (including phenoxy) is 2. The Bertz CT molecular complexity index is 475. The molecule has 0 saturated carbocycles. The maximum absolute atomic E-state index is 6.15. The van der Waals surface area contributed by atoms with Gasteiger partial charge in [-0.2, -0.15) is 0 Å². The first-order valence-corrected chi connectivity index (χ1v) is 8.99. The van der Waals surface area contributed by atoms with E-state index in [4.69, 9.17) is 21.1 Å². The van der Waals surface area contributed by atoms with E-state index >= 15 is 0 Å². The van der Waals surface area contributed by atoms with Crippen LogP contribution in [0.15, 0.2) is 29.3 Å². The first kappa shape index (κ1) is 24.4. The Balaban J connectivity index is 0.00000576. The lowest BCUT2D eigenvalue weighted by Crippen LogP contribution is -2.39. The molecule has 0 atom stereocenters. The van der Waals surface area contributed by atoms with Crippen molar-refractivity contribution in [2.75, 3.05) is 46.6 Å². The maximum Gasteiger partial charge on any atom is 0.191 e. The van der Waals surface area contributed by atoms with E-state index in [0.29, 0.717) is 26.4 Å². The molecule has 2 N–H and O–H groups in total. The minimum atomic E-state index is 0. The number of benzene rings is 1. The van der Waals surface area contributed by atoms with E-state index in [-0.39, 0.29) is 24.0 Å². The van der Waals surface area contributed by atoms with Gasteiger partial charge in [-0.1, -0.05) is 43.1 Å². The van der Waals surface area contributed by atoms with Crippen LogP contribution in [-0.2, 0) is 15.9 Å². The molecule has 0 heterocycles. The van der Waals surface area contributed by atoms with Gasteiger partial charge in [-0.3, -0.25) is 4.99 Å². The molecule has 0 spiro atoms. The number of hydrogen-bond acceptors (Lipinski definition) is 3. The zero-order chi connectivity index (χ0) is 17.5. The van der Waals surface area contributed by atoms with Crippen LogP contribution in [0.3, 0.4) is 0 Å². The van der Waals surface area contributed by atoms with E-state index in [9.17, 15) is 0 Å². The Morgan fingerprint density at radius 2 is 1.72 bits per heavy atom. The summed E-state index contributed by atoms with van der Waals surface area (Å²) in [4.78, 5) is 4.19. The molecule has 0 saturated heterocycles. The summed E-state index contributed by atoms with van der Waals surface area (Å²) in [5, 5.41) is 7.29. The van der Waals surface area contributed by atoms with Crippen LogP contribution in [0, 0.1) is 0 Å². The largest absolute Gasteiger partial charge is 0.379 e. The monoisotopic (exact) mass is 483 g/mol. The molecular weight excluding hydrogens is 453 g/mol. The molecule has 1 aromatic rings.